The third-order valence-electron chi connectivity index (χ3n) is 4.66. The van der Waals surface area contributed by atoms with E-state index >= 15 is 0 Å². The number of amides is 1. The molecule has 1 unspecified atom stereocenters. The minimum Gasteiger partial charge on any atom is -0.342 e. The number of likely N-dealkylation sites (tertiary alicyclic amines) is 1. The summed E-state index contributed by atoms with van der Waals surface area (Å²) in [6.45, 7) is 1.58. The summed E-state index contributed by atoms with van der Waals surface area (Å²) in [5, 5.41) is 2.69. The average Bonchev–Trinajstić information content (AvgIpc) is 2.88. The second kappa shape index (κ2) is 5.52. The molecular formula is C13H22F3N3O. The van der Waals surface area contributed by atoms with E-state index < -0.39 is 17.5 Å². The van der Waals surface area contributed by atoms with E-state index in [0.29, 0.717) is 0 Å². The molecule has 20 heavy (non-hydrogen) atoms. The van der Waals surface area contributed by atoms with Crippen molar-refractivity contribution in [3.05, 3.63) is 0 Å². The Morgan fingerprint density at radius 1 is 1.35 bits per heavy atom. The van der Waals surface area contributed by atoms with Gasteiger partial charge in [0.25, 0.3) is 0 Å². The van der Waals surface area contributed by atoms with Gasteiger partial charge < -0.3 is 15.1 Å². The third kappa shape index (κ3) is 2.65. The molecule has 0 aromatic heterocycles. The van der Waals surface area contributed by atoms with Crippen LogP contribution in [-0.2, 0) is 4.79 Å². The normalized spacial score (nSPS) is 29.6. The van der Waals surface area contributed by atoms with Gasteiger partial charge in [0.15, 0.2) is 5.41 Å². The molecule has 0 aliphatic carbocycles. The molecule has 0 radical (unpaired) electrons. The van der Waals surface area contributed by atoms with Crippen molar-refractivity contribution in [1.82, 2.24) is 15.1 Å². The van der Waals surface area contributed by atoms with Gasteiger partial charge in [-0.25, -0.2) is 0 Å². The van der Waals surface area contributed by atoms with Crippen molar-refractivity contribution in [1.29, 1.82) is 0 Å². The van der Waals surface area contributed by atoms with Gasteiger partial charge >= 0.3 is 6.18 Å². The molecule has 2 fully saturated rings. The molecule has 2 aliphatic heterocycles. The third-order valence-corrected chi connectivity index (χ3v) is 4.66. The van der Waals surface area contributed by atoms with Crippen LogP contribution in [0.4, 0.5) is 13.2 Å². The van der Waals surface area contributed by atoms with Gasteiger partial charge in [0.1, 0.15) is 0 Å². The number of hydrogen-bond acceptors (Lipinski definition) is 3. The highest BCUT2D eigenvalue weighted by atomic mass is 19.4. The summed E-state index contributed by atoms with van der Waals surface area (Å²) in [4.78, 5) is 15.9. The Hall–Kier alpha value is -0.820. The minimum absolute atomic E-state index is 0.0847. The molecule has 2 saturated heterocycles. The number of rotatable bonds is 2. The Bertz CT molecular complexity index is 358. The molecule has 2 aliphatic rings. The van der Waals surface area contributed by atoms with Gasteiger partial charge in [0.2, 0.25) is 5.91 Å². The molecule has 0 bridgehead atoms. The van der Waals surface area contributed by atoms with Crippen LogP contribution in [0.5, 0.6) is 0 Å². The van der Waals surface area contributed by atoms with Crippen LogP contribution in [0.25, 0.3) is 0 Å². The minimum atomic E-state index is -4.49. The maximum Gasteiger partial charge on any atom is 0.404 e. The molecule has 7 heteroatoms. The van der Waals surface area contributed by atoms with Gasteiger partial charge in [-0.05, 0) is 45.9 Å². The van der Waals surface area contributed by atoms with Crippen molar-refractivity contribution in [2.24, 2.45) is 5.41 Å². The van der Waals surface area contributed by atoms with Crippen molar-refractivity contribution in [2.45, 2.75) is 31.5 Å². The second-order valence-corrected chi connectivity index (χ2v) is 5.96. The van der Waals surface area contributed by atoms with Crippen molar-refractivity contribution < 1.29 is 18.0 Å². The number of alkyl halides is 3. The molecule has 1 N–H and O–H groups in total. The van der Waals surface area contributed by atoms with Crippen LogP contribution in [0.2, 0.25) is 0 Å². The van der Waals surface area contributed by atoms with Crippen LogP contribution in [-0.4, -0.2) is 68.2 Å². The van der Waals surface area contributed by atoms with E-state index in [4.69, 9.17) is 0 Å². The number of nitrogens with one attached hydrogen (secondary N) is 1. The number of piperidine rings is 1. The fourth-order valence-corrected chi connectivity index (χ4v) is 3.12. The highest BCUT2D eigenvalue weighted by Crippen LogP contribution is 2.44. The molecule has 1 atom stereocenters. The zero-order valence-electron chi connectivity index (χ0n) is 12.0. The molecule has 116 valence electrons. The van der Waals surface area contributed by atoms with Crippen LogP contribution < -0.4 is 5.32 Å². The van der Waals surface area contributed by atoms with Gasteiger partial charge in [-0.3, -0.25) is 4.79 Å². The topological polar surface area (TPSA) is 35.6 Å². The van der Waals surface area contributed by atoms with Crippen LogP contribution in [0.1, 0.15) is 19.3 Å². The number of carbonyl (C=O) groups is 1. The number of carbonyl (C=O) groups excluding carboxylic acids is 1. The molecule has 2 rings (SSSR count). The zero-order valence-corrected chi connectivity index (χ0v) is 12.0. The molecule has 0 aromatic carbocycles. The van der Waals surface area contributed by atoms with E-state index in [1.54, 1.807) is 0 Å². The molecule has 1 amide bonds. The predicted molar refractivity (Wildman–Crippen MR) is 69.3 cm³/mol. The Morgan fingerprint density at radius 2 is 1.95 bits per heavy atom. The van der Waals surface area contributed by atoms with Gasteiger partial charge in [-0.1, -0.05) is 0 Å². The fourth-order valence-electron chi connectivity index (χ4n) is 3.12. The standard InChI is InChI=1S/C13H22F3N3O/c1-18-7-3-10(4-8-18)19(2)11(20)12(13(14,15)16)5-6-17-9-12/h10,17H,3-9H2,1-2H3. The maximum absolute atomic E-state index is 13.4. The quantitative estimate of drug-likeness (QED) is 0.827. The first-order valence-electron chi connectivity index (χ1n) is 7.01. The summed E-state index contributed by atoms with van der Waals surface area (Å²) >= 11 is 0. The molecule has 0 aromatic rings. The monoisotopic (exact) mass is 293 g/mol. The SMILES string of the molecule is CN1CCC(N(C)C(=O)C2(C(F)(F)F)CCNC2)CC1. The van der Waals surface area contributed by atoms with Crippen molar-refractivity contribution in [2.75, 3.05) is 40.3 Å². The summed E-state index contributed by atoms with van der Waals surface area (Å²) in [5.74, 6) is -0.774. The highest BCUT2D eigenvalue weighted by Gasteiger charge is 2.62. The largest absolute Gasteiger partial charge is 0.404 e. The van der Waals surface area contributed by atoms with Gasteiger partial charge in [-0.2, -0.15) is 13.2 Å². The van der Waals surface area contributed by atoms with E-state index in [-0.39, 0.29) is 25.6 Å². The van der Waals surface area contributed by atoms with E-state index in [0.717, 1.165) is 25.9 Å². The molecule has 4 nitrogen and oxygen atoms in total. The van der Waals surface area contributed by atoms with Gasteiger partial charge in [0, 0.05) is 19.6 Å². The maximum atomic E-state index is 13.4. The summed E-state index contributed by atoms with van der Waals surface area (Å²) in [7, 11) is 3.50. The molecule has 0 saturated carbocycles. The van der Waals surface area contributed by atoms with E-state index in [1.807, 2.05) is 7.05 Å². The first kappa shape index (κ1) is 15.6. The Morgan fingerprint density at radius 3 is 2.40 bits per heavy atom. The first-order chi connectivity index (χ1) is 9.28. The summed E-state index contributed by atoms with van der Waals surface area (Å²) < 4.78 is 40.1. The zero-order chi connectivity index (χ0) is 15.0. The lowest BCUT2D eigenvalue weighted by atomic mass is 9.83. The van der Waals surface area contributed by atoms with Crippen molar-refractivity contribution >= 4 is 5.91 Å². The Kier molecular flexibility index (Phi) is 4.30. The van der Waals surface area contributed by atoms with Gasteiger partial charge in [0.05, 0.1) is 0 Å². The van der Waals surface area contributed by atoms with Gasteiger partial charge in [-0.15, -0.1) is 0 Å². The Labute approximate surface area is 117 Å². The molecule has 2 heterocycles. The van der Waals surface area contributed by atoms with Crippen LogP contribution in [0, 0.1) is 5.41 Å². The summed E-state index contributed by atoms with van der Waals surface area (Å²) in [6.07, 6.45) is -3.18. The van der Waals surface area contributed by atoms with Crippen LogP contribution in [0.15, 0.2) is 0 Å². The molecular weight excluding hydrogens is 271 g/mol. The predicted octanol–water partition coefficient (Wildman–Crippen LogP) is 1.08. The fraction of sp³-hybridized carbons (Fsp3) is 0.923. The van der Waals surface area contributed by atoms with E-state index in [1.165, 1.54) is 11.9 Å². The Balaban J connectivity index is 2.12. The lowest BCUT2D eigenvalue weighted by molar-refractivity contribution is -0.222. The van der Waals surface area contributed by atoms with E-state index in [2.05, 4.69) is 10.2 Å². The van der Waals surface area contributed by atoms with Crippen LogP contribution >= 0.6 is 0 Å². The highest BCUT2D eigenvalue weighted by molar-refractivity contribution is 5.84. The number of nitrogens with zero attached hydrogens (tertiary/aromatic N) is 2. The van der Waals surface area contributed by atoms with Crippen LogP contribution in [0.3, 0.4) is 0 Å². The summed E-state index contributed by atoms with van der Waals surface area (Å²) in [6, 6.07) is -0.0847. The van der Waals surface area contributed by atoms with E-state index in [9.17, 15) is 18.0 Å². The summed E-state index contributed by atoms with van der Waals surface area (Å²) in [5.41, 5.74) is -2.23. The lowest BCUT2D eigenvalue weighted by Gasteiger charge is -2.40. The van der Waals surface area contributed by atoms with Crippen molar-refractivity contribution in [3.8, 4) is 0 Å². The lowest BCUT2D eigenvalue weighted by Crippen LogP contribution is -2.56. The first-order valence-corrected chi connectivity index (χ1v) is 7.01. The smallest absolute Gasteiger partial charge is 0.342 e. The average molecular weight is 293 g/mol. The number of halogens is 3. The number of hydrogen-bond donors (Lipinski definition) is 1. The van der Waals surface area contributed by atoms with Crippen molar-refractivity contribution in [3.63, 3.8) is 0 Å². The molecule has 0 spiro atoms. The second-order valence-electron chi connectivity index (χ2n) is 5.96.